The zero-order valence-corrected chi connectivity index (χ0v) is 14.5. The third-order valence-corrected chi connectivity index (χ3v) is 4.07. The van der Waals surface area contributed by atoms with E-state index >= 15 is 0 Å². The highest BCUT2D eigenvalue weighted by Gasteiger charge is 2.31. The zero-order chi connectivity index (χ0) is 17.6. The van der Waals surface area contributed by atoms with E-state index in [1.165, 1.54) is 0 Å². The Balaban J connectivity index is 3.08. The fourth-order valence-electron chi connectivity index (χ4n) is 2.68. The molecule has 23 heavy (non-hydrogen) atoms. The summed E-state index contributed by atoms with van der Waals surface area (Å²) in [5.41, 5.74) is 5.58. The Kier molecular flexibility index (Phi) is 6.69. The second kappa shape index (κ2) is 8.06. The molecule has 0 aliphatic rings. The lowest BCUT2D eigenvalue weighted by Gasteiger charge is -2.26. The molecule has 6 nitrogen and oxygen atoms in total. The van der Waals surface area contributed by atoms with Crippen molar-refractivity contribution in [2.24, 2.45) is 11.7 Å². The Morgan fingerprint density at radius 1 is 1.22 bits per heavy atom. The van der Waals surface area contributed by atoms with Gasteiger partial charge in [-0.2, -0.15) is 0 Å². The van der Waals surface area contributed by atoms with E-state index in [1.54, 1.807) is 28.3 Å². The van der Waals surface area contributed by atoms with Crippen LogP contribution >= 0.6 is 0 Å². The van der Waals surface area contributed by atoms with E-state index in [9.17, 15) is 9.90 Å². The van der Waals surface area contributed by atoms with Crippen molar-refractivity contribution in [3.63, 3.8) is 0 Å². The van der Waals surface area contributed by atoms with Gasteiger partial charge in [-0.3, -0.25) is 4.79 Å². The van der Waals surface area contributed by atoms with Crippen LogP contribution in [-0.4, -0.2) is 37.9 Å². The first-order chi connectivity index (χ1) is 10.8. The Morgan fingerprint density at radius 2 is 1.83 bits per heavy atom. The molecule has 1 rings (SSSR count). The molecule has 0 aliphatic carbocycles. The molecule has 0 radical (unpaired) electrons. The minimum atomic E-state index is -1.25. The number of rotatable bonds is 9. The van der Waals surface area contributed by atoms with Crippen LogP contribution < -0.4 is 19.9 Å². The van der Waals surface area contributed by atoms with Crippen LogP contribution in [0.1, 0.15) is 32.3 Å². The summed E-state index contributed by atoms with van der Waals surface area (Å²) in [6, 6.07) is 3.74. The first kappa shape index (κ1) is 19.1. The number of aliphatic carboxylic acids is 1. The average molecular weight is 325 g/mol. The van der Waals surface area contributed by atoms with Gasteiger partial charge in [-0.15, -0.1) is 0 Å². The van der Waals surface area contributed by atoms with Gasteiger partial charge in [0.25, 0.3) is 0 Å². The minimum Gasteiger partial charge on any atom is -0.493 e. The van der Waals surface area contributed by atoms with Crippen molar-refractivity contribution in [2.75, 3.05) is 21.3 Å². The van der Waals surface area contributed by atoms with Crippen LogP contribution in [0.4, 0.5) is 0 Å². The predicted molar refractivity (Wildman–Crippen MR) is 88.4 cm³/mol. The summed E-state index contributed by atoms with van der Waals surface area (Å²) in [6.45, 7) is 3.57. The van der Waals surface area contributed by atoms with Crippen LogP contribution in [-0.2, 0) is 11.2 Å². The zero-order valence-electron chi connectivity index (χ0n) is 14.5. The number of hydrogen-bond acceptors (Lipinski definition) is 5. The second-order valence-corrected chi connectivity index (χ2v) is 5.90. The van der Waals surface area contributed by atoms with Gasteiger partial charge in [0, 0.05) is 0 Å². The number of nitrogens with two attached hydrogens (primary N) is 1. The molecule has 0 aliphatic heterocycles. The van der Waals surface area contributed by atoms with Crippen molar-refractivity contribution >= 4 is 5.97 Å². The molecule has 0 heterocycles. The fourth-order valence-corrected chi connectivity index (χ4v) is 2.68. The average Bonchev–Trinajstić information content (AvgIpc) is 2.52. The summed E-state index contributed by atoms with van der Waals surface area (Å²) in [5.74, 6) is 0.870. The van der Waals surface area contributed by atoms with Crippen molar-refractivity contribution in [2.45, 2.75) is 38.6 Å². The summed E-state index contributed by atoms with van der Waals surface area (Å²) in [5, 5.41) is 9.22. The molecule has 0 aromatic heterocycles. The normalized spacial score (nSPS) is 14.7. The van der Waals surface area contributed by atoms with Gasteiger partial charge in [-0.25, -0.2) is 0 Å². The van der Waals surface area contributed by atoms with Crippen LogP contribution in [0.25, 0.3) is 0 Å². The van der Waals surface area contributed by atoms with Crippen molar-refractivity contribution < 1.29 is 24.1 Å². The van der Waals surface area contributed by atoms with Crippen LogP contribution in [0.5, 0.6) is 17.2 Å². The molecular weight excluding hydrogens is 298 g/mol. The SMILES string of the molecule is CCC(Cc1ccc(OC)c(OC)c1OC)CC(C)(N)C(=O)O. The van der Waals surface area contributed by atoms with Gasteiger partial charge in [-0.1, -0.05) is 19.4 Å². The van der Waals surface area contributed by atoms with E-state index in [0.29, 0.717) is 30.1 Å². The van der Waals surface area contributed by atoms with Gasteiger partial charge in [0.2, 0.25) is 5.75 Å². The van der Waals surface area contributed by atoms with Crippen molar-refractivity contribution in [1.29, 1.82) is 0 Å². The lowest BCUT2D eigenvalue weighted by molar-refractivity contribution is -0.143. The van der Waals surface area contributed by atoms with Crippen LogP contribution in [0, 0.1) is 5.92 Å². The molecule has 2 atom stereocenters. The predicted octanol–water partition coefficient (Wildman–Crippen LogP) is 2.47. The number of benzene rings is 1. The van der Waals surface area contributed by atoms with E-state index < -0.39 is 11.5 Å². The molecule has 130 valence electrons. The van der Waals surface area contributed by atoms with E-state index in [0.717, 1.165) is 12.0 Å². The Morgan fingerprint density at radius 3 is 2.26 bits per heavy atom. The first-order valence-electron chi connectivity index (χ1n) is 7.60. The minimum absolute atomic E-state index is 0.119. The monoisotopic (exact) mass is 325 g/mol. The van der Waals surface area contributed by atoms with Gasteiger partial charge >= 0.3 is 5.97 Å². The highest BCUT2D eigenvalue weighted by molar-refractivity contribution is 5.77. The van der Waals surface area contributed by atoms with Gasteiger partial charge in [0.05, 0.1) is 21.3 Å². The van der Waals surface area contributed by atoms with Crippen LogP contribution in [0.3, 0.4) is 0 Å². The van der Waals surface area contributed by atoms with Gasteiger partial charge in [0.15, 0.2) is 11.5 Å². The summed E-state index contributed by atoms with van der Waals surface area (Å²) >= 11 is 0. The Hall–Kier alpha value is -1.95. The molecule has 0 bridgehead atoms. The smallest absolute Gasteiger partial charge is 0.323 e. The van der Waals surface area contributed by atoms with Crippen LogP contribution in [0.15, 0.2) is 12.1 Å². The number of carboxylic acids is 1. The highest BCUT2D eigenvalue weighted by atomic mass is 16.5. The number of carboxylic acid groups (broad SMARTS) is 1. The second-order valence-electron chi connectivity index (χ2n) is 5.90. The third kappa shape index (κ3) is 4.51. The summed E-state index contributed by atoms with van der Waals surface area (Å²) in [4.78, 5) is 11.2. The maximum Gasteiger partial charge on any atom is 0.323 e. The molecule has 0 amide bonds. The van der Waals surface area contributed by atoms with E-state index in [4.69, 9.17) is 19.9 Å². The summed E-state index contributed by atoms with van der Waals surface area (Å²) in [6.07, 6.45) is 1.86. The third-order valence-electron chi connectivity index (χ3n) is 4.07. The van der Waals surface area contributed by atoms with Crippen LogP contribution in [0.2, 0.25) is 0 Å². The number of ether oxygens (including phenoxy) is 3. The van der Waals surface area contributed by atoms with Crippen molar-refractivity contribution in [3.05, 3.63) is 17.7 Å². The molecule has 6 heteroatoms. The molecule has 1 aromatic rings. The van der Waals surface area contributed by atoms with Gasteiger partial charge < -0.3 is 25.1 Å². The largest absolute Gasteiger partial charge is 0.493 e. The topological polar surface area (TPSA) is 91.0 Å². The highest BCUT2D eigenvalue weighted by Crippen LogP contribution is 2.41. The number of methoxy groups -OCH3 is 3. The fraction of sp³-hybridized carbons (Fsp3) is 0.588. The van der Waals surface area contributed by atoms with E-state index in [-0.39, 0.29) is 5.92 Å². The molecule has 0 spiro atoms. The summed E-state index contributed by atoms with van der Waals surface area (Å²) < 4.78 is 16.1. The molecular formula is C17H27NO5. The molecule has 3 N–H and O–H groups in total. The molecule has 0 saturated carbocycles. The maximum atomic E-state index is 11.2. The van der Waals surface area contributed by atoms with Crippen molar-refractivity contribution in [1.82, 2.24) is 0 Å². The number of carbonyl (C=O) groups is 1. The van der Waals surface area contributed by atoms with Gasteiger partial charge in [0.1, 0.15) is 5.54 Å². The standard InChI is InChI=1S/C17H27NO5/c1-6-11(10-17(2,18)16(19)20)9-12-7-8-13(21-3)15(23-5)14(12)22-4/h7-8,11H,6,9-10,18H2,1-5H3,(H,19,20). The molecule has 1 aromatic carbocycles. The lowest BCUT2D eigenvalue weighted by Crippen LogP contribution is -2.46. The van der Waals surface area contributed by atoms with E-state index in [1.807, 2.05) is 19.1 Å². The lowest BCUT2D eigenvalue weighted by atomic mass is 9.84. The number of hydrogen-bond donors (Lipinski definition) is 2. The maximum absolute atomic E-state index is 11.2. The van der Waals surface area contributed by atoms with E-state index in [2.05, 4.69) is 0 Å². The van der Waals surface area contributed by atoms with Crippen molar-refractivity contribution in [3.8, 4) is 17.2 Å². The first-order valence-corrected chi connectivity index (χ1v) is 7.60. The van der Waals surface area contributed by atoms with Gasteiger partial charge in [-0.05, 0) is 37.3 Å². The quantitative estimate of drug-likeness (QED) is 0.725. The molecule has 0 fully saturated rings. The Bertz CT molecular complexity index is 542. The Labute approximate surface area is 137 Å². The summed E-state index contributed by atoms with van der Waals surface area (Å²) in [7, 11) is 4.70. The molecule has 0 saturated heterocycles. The molecule has 2 unspecified atom stereocenters.